The Kier molecular flexibility index (Phi) is 4.43. The van der Waals surface area contributed by atoms with Crippen LogP contribution in [0.4, 0.5) is 0 Å². The van der Waals surface area contributed by atoms with Gasteiger partial charge in [0.2, 0.25) is 0 Å². The summed E-state index contributed by atoms with van der Waals surface area (Å²) in [6.07, 6.45) is 4.55. The van der Waals surface area contributed by atoms with E-state index in [4.69, 9.17) is 5.11 Å². The lowest BCUT2D eigenvalue weighted by Gasteiger charge is -2.15. The minimum Gasteiger partial charge on any atom is -0.481 e. The molecule has 1 atom stereocenters. The number of thiophene rings is 1. The molecule has 0 aliphatic heterocycles. The van der Waals surface area contributed by atoms with Gasteiger partial charge in [-0.15, -0.1) is 0 Å². The predicted molar refractivity (Wildman–Crippen MR) is 73.3 cm³/mol. The fourth-order valence-corrected chi connectivity index (χ4v) is 3.18. The minimum atomic E-state index is -0.819. The van der Waals surface area contributed by atoms with Crippen molar-refractivity contribution < 1.29 is 9.90 Å². The number of carboxylic acids is 1. The molecule has 0 saturated heterocycles. The van der Waals surface area contributed by atoms with Gasteiger partial charge in [-0.1, -0.05) is 11.8 Å². The van der Waals surface area contributed by atoms with Gasteiger partial charge in [0.05, 0.1) is 5.75 Å². The van der Waals surface area contributed by atoms with Gasteiger partial charge in [0.15, 0.2) is 5.16 Å². The molecule has 0 spiro atoms. The number of hydrogen-bond acceptors (Lipinski definition) is 4. The van der Waals surface area contributed by atoms with Gasteiger partial charge in [0.1, 0.15) is 0 Å². The van der Waals surface area contributed by atoms with Crippen molar-refractivity contribution >= 4 is 29.1 Å². The van der Waals surface area contributed by atoms with Gasteiger partial charge in [0, 0.05) is 18.4 Å². The van der Waals surface area contributed by atoms with Crippen LogP contribution in [0.3, 0.4) is 0 Å². The Bertz CT molecular complexity index is 508. The standard InChI is InChI=1S/C12H14N2O2S2/c1-9(6-10-2-5-17-7-10)14-4-3-13-12(14)18-8-11(15)16/h2-5,7,9H,6,8H2,1H3,(H,15,16). The van der Waals surface area contributed by atoms with Crippen LogP contribution in [-0.4, -0.2) is 26.4 Å². The van der Waals surface area contributed by atoms with Crippen LogP contribution in [-0.2, 0) is 11.2 Å². The maximum absolute atomic E-state index is 10.6. The number of nitrogens with zero attached hydrogens (tertiary/aromatic N) is 2. The first-order valence-corrected chi connectivity index (χ1v) is 7.48. The Hall–Kier alpha value is -1.27. The molecule has 2 rings (SSSR count). The summed E-state index contributed by atoms with van der Waals surface area (Å²) in [5.74, 6) is -0.776. The van der Waals surface area contributed by atoms with Crippen LogP contribution in [0.2, 0.25) is 0 Å². The first-order chi connectivity index (χ1) is 8.66. The smallest absolute Gasteiger partial charge is 0.313 e. The molecular weight excluding hydrogens is 268 g/mol. The van der Waals surface area contributed by atoms with Crippen LogP contribution in [0.5, 0.6) is 0 Å². The minimum absolute atomic E-state index is 0.0438. The van der Waals surface area contributed by atoms with Gasteiger partial charge in [-0.3, -0.25) is 4.79 Å². The summed E-state index contributed by atoms with van der Waals surface area (Å²) in [7, 11) is 0. The number of aromatic nitrogens is 2. The zero-order valence-corrected chi connectivity index (χ0v) is 11.6. The fourth-order valence-electron chi connectivity index (χ4n) is 1.72. The van der Waals surface area contributed by atoms with E-state index in [0.29, 0.717) is 0 Å². The van der Waals surface area contributed by atoms with Gasteiger partial charge >= 0.3 is 5.97 Å². The summed E-state index contributed by atoms with van der Waals surface area (Å²) in [6.45, 7) is 2.12. The zero-order chi connectivity index (χ0) is 13.0. The highest BCUT2D eigenvalue weighted by molar-refractivity contribution is 7.99. The average molecular weight is 282 g/mol. The van der Waals surface area contributed by atoms with Crippen LogP contribution in [0.1, 0.15) is 18.5 Å². The third-order valence-corrected chi connectivity index (χ3v) is 4.24. The molecule has 1 N–H and O–H groups in total. The Morgan fingerprint density at radius 3 is 3.17 bits per heavy atom. The highest BCUT2D eigenvalue weighted by Gasteiger charge is 2.12. The van der Waals surface area contributed by atoms with Crippen molar-refractivity contribution in [3.05, 3.63) is 34.8 Å². The van der Waals surface area contributed by atoms with Crippen molar-refractivity contribution in [1.29, 1.82) is 0 Å². The van der Waals surface area contributed by atoms with Crippen LogP contribution >= 0.6 is 23.1 Å². The highest BCUT2D eigenvalue weighted by Crippen LogP contribution is 2.23. The summed E-state index contributed by atoms with van der Waals surface area (Å²) in [4.78, 5) is 14.8. The summed E-state index contributed by atoms with van der Waals surface area (Å²) >= 11 is 2.95. The van der Waals surface area contributed by atoms with Crippen LogP contribution < -0.4 is 0 Å². The largest absolute Gasteiger partial charge is 0.481 e. The second-order valence-corrected chi connectivity index (χ2v) is 5.71. The normalized spacial score (nSPS) is 12.5. The molecule has 18 heavy (non-hydrogen) atoms. The number of rotatable bonds is 6. The molecule has 0 radical (unpaired) electrons. The number of hydrogen-bond donors (Lipinski definition) is 1. The van der Waals surface area contributed by atoms with Crippen LogP contribution in [0.15, 0.2) is 34.4 Å². The Morgan fingerprint density at radius 2 is 2.50 bits per heavy atom. The quantitative estimate of drug-likeness (QED) is 0.828. The van der Waals surface area contributed by atoms with E-state index in [0.717, 1.165) is 11.6 Å². The molecule has 2 aromatic rings. The van der Waals surface area contributed by atoms with E-state index < -0.39 is 5.97 Å². The molecule has 0 aliphatic carbocycles. The molecular formula is C12H14N2O2S2. The van der Waals surface area contributed by atoms with Crippen LogP contribution in [0, 0.1) is 0 Å². The average Bonchev–Trinajstić information content (AvgIpc) is 2.96. The first kappa shape index (κ1) is 13.2. The molecule has 4 nitrogen and oxygen atoms in total. The topological polar surface area (TPSA) is 55.1 Å². The lowest BCUT2D eigenvalue weighted by Crippen LogP contribution is -2.09. The number of carbonyl (C=O) groups is 1. The second-order valence-electron chi connectivity index (χ2n) is 3.98. The van der Waals surface area contributed by atoms with E-state index in [-0.39, 0.29) is 11.8 Å². The number of thioether (sulfide) groups is 1. The molecule has 0 amide bonds. The number of aliphatic carboxylic acids is 1. The molecule has 0 saturated carbocycles. The lowest BCUT2D eigenvalue weighted by atomic mass is 10.1. The summed E-state index contributed by atoms with van der Waals surface area (Å²) in [6, 6.07) is 2.39. The van der Waals surface area contributed by atoms with Gasteiger partial charge in [0.25, 0.3) is 0 Å². The summed E-state index contributed by atoms with van der Waals surface area (Å²) in [5, 5.41) is 13.7. The van der Waals surface area contributed by atoms with E-state index in [1.165, 1.54) is 17.3 Å². The molecule has 0 fully saturated rings. The number of imidazole rings is 1. The molecule has 2 heterocycles. The van der Waals surface area contributed by atoms with Crippen LogP contribution in [0.25, 0.3) is 0 Å². The van der Waals surface area contributed by atoms with Crippen molar-refractivity contribution in [1.82, 2.24) is 9.55 Å². The van der Waals surface area contributed by atoms with Gasteiger partial charge in [-0.05, 0) is 35.7 Å². The molecule has 6 heteroatoms. The Balaban J connectivity index is 2.03. The van der Waals surface area contributed by atoms with E-state index in [2.05, 4.69) is 28.7 Å². The van der Waals surface area contributed by atoms with Crippen molar-refractivity contribution in [3.63, 3.8) is 0 Å². The van der Waals surface area contributed by atoms with Crippen molar-refractivity contribution in [2.24, 2.45) is 0 Å². The maximum Gasteiger partial charge on any atom is 0.313 e. The van der Waals surface area contributed by atoms with Crippen molar-refractivity contribution in [2.45, 2.75) is 24.5 Å². The summed E-state index contributed by atoms with van der Waals surface area (Å²) in [5.41, 5.74) is 1.30. The van der Waals surface area contributed by atoms with Gasteiger partial charge < -0.3 is 9.67 Å². The third-order valence-electron chi connectivity index (χ3n) is 2.54. The van der Waals surface area contributed by atoms with E-state index in [9.17, 15) is 4.79 Å². The molecule has 2 aromatic heterocycles. The van der Waals surface area contributed by atoms with Crippen molar-refractivity contribution in [2.75, 3.05) is 5.75 Å². The van der Waals surface area contributed by atoms with E-state index in [1.54, 1.807) is 17.5 Å². The van der Waals surface area contributed by atoms with Gasteiger partial charge in [-0.25, -0.2) is 4.98 Å². The van der Waals surface area contributed by atoms with E-state index >= 15 is 0 Å². The second kappa shape index (κ2) is 6.06. The van der Waals surface area contributed by atoms with E-state index in [1.807, 2.05) is 10.8 Å². The molecule has 0 bridgehead atoms. The molecule has 0 aliphatic rings. The Labute approximate surface area is 114 Å². The van der Waals surface area contributed by atoms with Crippen molar-refractivity contribution in [3.8, 4) is 0 Å². The SMILES string of the molecule is CC(Cc1ccsc1)n1ccnc1SCC(=O)O. The monoisotopic (exact) mass is 282 g/mol. The third kappa shape index (κ3) is 3.36. The number of carboxylic acid groups (broad SMARTS) is 1. The predicted octanol–water partition coefficient (Wildman–Crippen LogP) is 2.93. The summed E-state index contributed by atoms with van der Waals surface area (Å²) < 4.78 is 2.03. The fraction of sp³-hybridized carbons (Fsp3) is 0.333. The maximum atomic E-state index is 10.6. The van der Waals surface area contributed by atoms with Gasteiger partial charge in [-0.2, -0.15) is 11.3 Å². The highest BCUT2D eigenvalue weighted by atomic mass is 32.2. The Morgan fingerprint density at radius 1 is 1.67 bits per heavy atom. The molecule has 96 valence electrons. The first-order valence-electron chi connectivity index (χ1n) is 5.55. The lowest BCUT2D eigenvalue weighted by molar-refractivity contribution is -0.133. The zero-order valence-electron chi connectivity index (χ0n) is 9.94. The molecule has 0 aromatic carbocycles. The molecule has 1 unspecified atom stereocenters.